The molecule has 2 heterocycles. The maximum Gasteiger partial charge on any atom is 0.252 e. The lowest BCUT2D eigenvalue weighted by atomic mass is 10.0. The molecule has 4 heteroatoms. The number of benzene rings is 1. The van der Waals surface area contributed by atoms with Gasteiger partial charge in [0.05, 0.1) is 16.8 Å². The van der Waals surface area contributed by atoms with Gasteiger partial charge in [0.25, 0.3) is 5.91 Å². The average Bonchev–Trinajstić information content (AvgIpc) is 2.55. The number of pyridine rings is 2. The third-order valence-corrected chi connectivity index (χ3v) is 3.27. The van der Waals surface area contributed by atoms with E-state index in [2.05, 4.69) is 15.3 Å². The normalized spacial score (nSPS) is 10.5. The molecule has 3 rings (SSSR count). The molecule has 3 aromatic rings. The largest absolute Gasteiger partial charge is 0.352 e. The van der Waals surface area contributed by atoms with Gasteiger partial charge in [0.2, 0.25) is 0 Å². The second kappa shape index (κ2) is 5.71. The van der Waals surface area contributed by atoms with Crippen molar-refractivity contribution in [1.29, 1.82) is 0 Å². The first kappa shape index (κ1) is 13.2. The van der Waals surface area contributed by atoms with Gasteiger partial charge in [-0.25, -0.2) is 4.98 Å². The molecule has 2 aromatic heterocycles. The summed E-state index contributed by atoms with van der Waals surface area (Å²) in [6.07, 6.45) is 3.44. The Kier molecular flexibility index (Phi) is 3.60. The molecular weight excluding hydrogens is 262 g/mol. The topological polar surface area (TPSA) is 54.9 Å². The van der Waals surface area contributed by atoms with E-state index >= 15 is 0 Å². The van der Waals surface area contributed by atoms with E-state index in [1.807, 2.05) is 49.4 Å². The number of aromatic nitrogens is 2. The molecule has 0 atom stereocenters. The van der Waals surface area contributed by atoms with Gasteiger partial charge in [-0.1, -0.05) is 18.2 Å². The van der Waals surface area contributed by atoms with E-state index in [1.165, 1.54) is 0 Å². The van der Waals surface area contributed by atoms with Crippen molar-refractivity contribution in [3.05, 3.63) is 60.4 Å². The number of nitrogens with one attached hydrogen (secondary N) is 1. The number of carbonyl (C=O) groups excluding carboxylic acids is 1. The highest BCUT2D eigenvalue weighted by Gasteiger charge is 2.12. The van der Waals surface area contributed by atoms with Crippen LogP contribution in [0.1, 0.15) is 17.3 Å². The number of carbonyl (C=O) groups is 1. The van der Waals surface area contributed by atoms with Crippen LogP contribution in [0.3, 0.4) is 0 Å². The number of fused-ring (bicyclic) bond motifs is 1. The van der Waals surface area contributed by atoms with Crippen LogP contribution in [0.15, 0.2) is 54.9 Å². The van der Waals surface area contributed by atoms with Gasteiger partial charge in [0.15, 0.2) is 0 Å². The summed E-state index contributed by atoms with van der Waals surface area (Å²) in [6.45, 7) is 2.51. The second-order valence-corrected chi connectivity index (χ2v) is 4.67. The molecule has 1 amide bonds. The fraction of sp³-hybridized carbons (Fsp3) is 0.118. The van der Waals surface area contributed by atoms with Crippen LogP contribution in [0, 0.1) is 0 Å². The molecule has 0 aliphatic carbocycles. The van der Waals surface area contributed by atoms with E-state index in [0.717, 1.165) is 22.2 Å². The molecule has 0 saturated carbocycles. The third-order valence-electron chi connectivity index (χ3n) is 3.27. The zero-order chi connectivity index (χ0) is 14.7. The minimum atomic E-state index is -0.0774. The Morgan fingerprint density at radius 2 is 1.90 bits per heavy atom. The molecule has 0 saturated heterocycles. The minimum absolute atomic E-state index is 0.0774. The predicted molar refractivity (Wildman–Crippen MR) is 83.0 cm³/mol. The van der Waals surface area contributed by atoms with Gasteiger partial charge in [-0.2, -0.15) is 0 Å². The van der Waals surface area contributed by atoms with Crippen molar-refractivity contribution in [3.8, 4) is 11.3 Å². The van der Waals surface area contributed by atoms with Crippen molar-refractivity contribution in [3.63, 3.8) is 0 Å². The quantitative estimate of drug-likeness (QED) is 0.800. The van der Waals surface area contributed by atoms with E-state index in [0.29, 0.717) is 12.1 Å². The molecule has 21 heavy (non-hydrogen) atoms. The van der Waals surface area contributed by atoms with E-state index in [4.69, 9.17) is 0 Å². The van der Waals surface area contributed by atoms with Gasteiger partial charge in [0.1, 0.15) is 0 Å². The number of nitrogens with zero attached hydrogens (tertiary/aromatic N) is 2. The SMILES string of the molecule is CCNC(=O)c1cc(-c2ccncc2)nc2ccccc12. The van der Waals surface area contributed by atoms with Gasteiger partial charge in [-0.3, -0.25) is 9.78 Å². The Hall–Kier alpha value is -2.75. The van der Waals surface area contributed by atoms with E-state index in [1.54, 1.807) is 12.4 Å². The average molecular weight is 277 g/mol. The molecule has 0 aliphatic heterocycles. The molecule has 104 valence electrons. The number of hydrogen-bond donors (Lipinski definition) is 1. The Morgan fingerprint density at radius 1 is 1.14 bits per heavy atom. The molecule has 0 spiro atoms. The highest BCUT2D eigenvalue weighted by Crippen LogP contribution is 2.24. The molecule has 0 fully saturated rings. The monoisotopic (exact) mass is 277 g/mol. The van der Waals surface area contributed by atoms with Crippen LogP contribution in [0.5, 0.6) is 0 Å². The summed E-state index contributed by atoms with van der Waals surface area (Å²) in [4.78, 5) is 20.9. The fourth-order valence-corrected chi connectivity index (χ4v) is 2.29. The zero-order valence-electron chi connectivity index (χ0n) is 11.7. The lowest BCUT2D eigenvalue weighted by Gasteiger charge is -2.09. The molecular formula is C17H15N3O. The van der Waals surface area contributed by atoms with Crippen LogP contribution in [0.2, 0.25) is 0 Å². The van der Waals surface area contributed by atoms with Crippen LogP contribution < -0.4 is 5.32 Å². The third kappa shape index (κ3) is 2.60. The molecule has 1 N–H and O–H groups in total. The number of rotatable bonds is 3. The molecule has 1 aromatic carbocycles. The number of hydrogen-bond acceptors (Lipinski definition) is 3. The van der Waals surface area contributed by atoms with E-state index < -0.39 is 0 Å². The standard InChI is InChI=1S/C17H15N3O/c1-2-19-17(21)14-11-16(12-7-9-18-10-8-12)20-15-6-4-3-5-13(14)15/h3-11H,2H2,1H3,(H,19,21). The summed E-state index contributed by atoms with van der Waals surface area (Å²) >= 11 is 0. The number of para-hydroxylation sites is 1. The summed E-state index contributed by atoms with van der Waals surface area (Å²) in [7, 11) is 0. The van der Waals surface area contributed by atoms with Crippen molar-refractivity contribution >= 4 is 16.8 Å². The first-order chi connectivity index (χ1) is 10.3. The Labute approximate surface area is 122 Å². The van der Waals surface area contributed by atoms with Crippen molar-refractivity contribution in [2.24, 2.45) is 0 Å². The summed E-state index contributed by atoms with van der Waals surface area (Å²) in [5, 5.41) is 3.72. The molecule has 0 bridgehead atoms. The smallest absolute Gasteiger partial charge is 0.252 e. The maximum absolute atomic E-state index is 12.3. The van der Waals surface area contributed by atoms with Gasteiger partial charge in [-0.05, 0) is 31.2 Å². The summed E-state index contributed by atoms with van der Waals surface area (Å²) < 4.78 is 0. The Bertz CT molecular complexity index is 784. The zero-order valence-corrected chi connectivity index (χ0v) is 11.7. The lowest BCUT2D eigenvalue weighted by molar-refractivity contribution is 0.0957. The van der Waals surface area contributed by atoms with Gasteiger partial charge in [0, 0.05) is 29.9 Å². The van der Waals surface area contributed by atoms with E-state index in [-0.39, 0.29) is 5.91 Å². The van der Waals surface area contributed by atoms with Gasteiger partial charge in [-0.15, -0.1) is 0 Å². The fourth-order valence-electron chi connectivity index (χ4n) is 2.29. The summed E-state index contributed by atoms with van der Waals surface area (Å²) in [6, 6.07) is 13.3. The van der Waals surface area contributed by atoms with Gasteiger partial charge >= 0.3 is 0 Å². The van der Waals surface area contributed by atoms with Crippen molar-refractivity contribution in [2.45, 2.75) is 6.92 Å². The van der Waals surface area contributed by atoms with Crippen molar-refractivity contribution in [1.82, 2.24) is 15.3 Å². The van der Waals surface area contributed by atoms with Crippen LogP contribution in [0.25, 0.3) is 22.2 Å². The predicted octanol–water partition coefficient (Wildman–Crippen LogP) is 3.05. The first-order valence-electron chi connectivity index (χ1n) is 6.88. The van der Waals surface area contributed by atoms with Gasteiger partial charge < -0.3 is 5.32 Å². The molecule has 0 unspecified atom stereocenters. The van der Waals surface area contributed by atoms with E-state index in [9.17, 15) is 4.79 Å². The highest BCUT2D eigenvalue weighted by molar-refractivity contribution is 6.07. The van der Waals surface area contributed by atoms with Crippen LogP contribution in [0.4, 0.5) is 0 Å². The van der Waals surface area contributed by atoms with Crippen LogP contribution in [-0.2, 0) is 0 Å². The Morgan fingerprint density at radius 3 is 2.67 bits per heavy atom. The lowest BCUT2D eigenvalue weighted by Crippen LogP contribution is -2.23. The summed E-state index contributed by atoms with van der Waals surface area (Å²) in [5.74, 6) is -0.0774. The maximum atomic E-state index is 12.3. The molecule has 0 radical (unpaired) electrons. The van der Waals surface area contributed by atoms with Crippen LogP contribution >= 0.6 is 0 Å². The first-order valence-corrected chi connectivity index (χ1v) is 6.88. The van der Waals surface area contributed by atoms with Crippen molar-refractivity contribution < 1.29 is 4.79 Å². The van der Waals surface area contributed by atoms with Crippen LogP contribution in [-0.4, -0.2) is 22.4 Å². The molecule has 4 nitrogen and oxygen atoms in total. The summed E-state index contributed by atoms with van der Waals surface area (Å²) in [5.41, 5.74) is 3.18. The highest BCUT2D eigenvalue weighted by atomic mass is 16.1. The molecule has 0 aliphatic rings. The van der Waals surface area contributed by atoms with Crippen molar-refractivity contribution in [2.75, 3.05) is 6.54 Å². The Balaban J connectivity index is 2.22. The second-order valence-electron chi connectivity index (χ2n) is 4.67. The number of amides is 1. The minimum Gasteiger partial charge on any atom is -0.352 e.